The highest BCUT2D eigenvalue weighted by Gasteiger charge is 2.39. The van der Waals surface area contributed by atoms with Crippen LogP contribution in [0.3, 0.4) is 0 Å². The standard InChI is InChI=1S/C21H22N2O2S/c1-24-20-10-15-14-4-2-3-5-18(14)25-19(15)11-17(20)23-21(26)22-16-9-12-6-7-13(16)8-12/h2-5,10-13,16H,6-9H2,1H3,(H2,22,23,26)/t12-,13+,16-/m0/s1. The molecule has 2 bridgehead atoms. The Bertz CT molecular complexity index is 996. The fraction of sp³-hybridized carbons (Fsp3) is 0.381. The Kier molecular flexibility index (Phi) is 3.78. The Labute approximate surface area is 157 Å². The zero-order valence-electron chi connectivity index (χ0n) is 14.7. The molecule has 2 N–H and O–H groups in total. The van der Waals surface area contributed by atoms with Gasteiger partial charge in [0.05, 0.1) is 12.8 Å². The summed E-state index contributed by atoms with van der Waals surface area (Å²) in [5.74, 6) is 2.43. The van der Waals surface area contributed by atoms with Gasteiger partial charge in [0.2, 0.25) is 0 Å². The van der Waals surface area contributed by atoms with Crippen LogP contribution in [-0.2, 0) is 0 Å². The maximum absolute atomic E-state index is 5.99. The minimum absolute atomic E-state index is 0.509. The van der Waals surface area contributed by atoms with Gasteiger partial charge in [0.15, 0.2) is 5.11 Å². The third-order valence-corrected chi connectivity index (χ3v) is 6.22. The molecule has 134 valence electrons. The number of rotatable bonds is 3. The summed E-state index contributed by atoms with van der Waals surface area (Å²) in [4.78, 5) is 0. The molecule has 0 aliphatic heterocycles. The molecule has 3 atom stereocenters. The van der Waals surface area contributed by atoms with Gasteiger partial charge < -0.3 is 19.8 Å². The smallest absolute Gasteiger partial charge is 0.171 e. The van der Waals surface area contributed by atoms with E-state index in [-0.39, 0.29) is 0 Å². The molecule has 0 amide bonds. The lowest BCUT2D eigenvalue weighted by Crippen LogP contribution is -2.40. The summed E-state index contributed by atoms with van der Waals surface area (Å²) in [6.45, 7) is 0. The Morgan fingerprint density at radius 2 is 2.00 bits per heavy atom. The van der Waals surface area contributed by atoms with Crippen LogP contribution in [0, 0.1) is 11.8 Å². The van der Waals surface area contributed by atoms with E-state index in [2.05, 4.69) is 16.7 Å². The minimum Gasteiger partial charge on any atom is -0.495 e. The molecule has 2 saturated carbocycles. The van der Waals surface area contributed by atoms with Crippen molar-refractivity contribution in [3.8, 4) is 5.75 Å². The van der Waals surface area contributed by atoms with Crippen molar-refractivity contribution in [2.24, 2.45) is 11.8 Å². The van der Waals surface area contributed by atoms with Crippen LogP contribution in [0.4, 0.5) is 5.69 Å². The molecule has 0 spiro atoms. The Hall–Kier alpha value is -2.27. The second-order valence-corrected chi connectivity index (χ2v) is 7.93. The van der Waals surface area contributed by atoms with Crippen molar-refractivity contribution in [2.45, 2.75) is 31.7 Å². The predicted octanol–water partition coefficient (Wildman–Crippen LogP) is 5.07. The number of ether oxygens (including phenoxy) is 1. The number of hydrogen-bond donors (Lipinski definition) is 2. The summed E-state index contributed by atoms with van der Waals surface area (Å²) in [6.07, 6.45) is 5.32. The average Bonchev–Trinajstić information content (AvgIpc) is 3.34. The van der Waals surface area contributed by atoms with Gasteiger partial charge in [0.1, 0.15) is 16.9 Å². The van der Waals surface area contributed by atoms with Crippen molar-refractivity contribution >= 4 is 45.0 Å². The fourth-order valence-electron chi connectivity index (χ4n) is 4.77. The Balaban J connectivity index is 1.42. The maximum atomic E-state index is 5.99. The largest absolute Gasteiger partial charge is 0.495 e. The van der Waals surface area contributed by atoms with Crippen LogP contribution in [0.2, 0.25) is 0 Å². The van der Waals surface area contributed by atoms with Gasteiger partial charge in [0.25, 0.3) is 0 Å². The molecular formula is C21H22N2O2S. The first-order valence-electron chi connectivity index (χ1n) is 9.28. The molecule has 1 heterocycles. The van der Waals surface area contributed by atoms with Crippen molar-refractivity contribution in [3.63, 3.8) is 0 Å². The van der Waals surface area contributed by atoms with Crippen LogP contribution < -0.4 is 15.4 Å². The van der Waals surface area contributed by atoms with Crippen molar-refractivity contribution in [3.05, 3.63) is 36.4 Å². The number of fused-ring (bicyclic) bond motifs is 5. The van der Waals surface area contributed by atoms with Crippen LogP contribution in [0.1, 0.15) is 25.7 Å². The molecule has 4 nitrogen and oxygen atoms in total. The SMILES string of the molecule is COc1cc2c(cc1NC(=S)N[C@H]1C[C@H]3CC[C@@H]1C3)oc1ccccc12. The molecular weight excluding hydrogens is 344 g/mol. The first-order valence-corrected chi connectivity index (χ1v) is 9.69. The zero-order valence-corrected chi connectivity index (χ0v) is 15.6. The van der Waals surface area contributed by atoms with E-state index in [1.54, 1.807) is 7.11 Å². The van der Waals surface area contributed by atoms with Gasteiger partial charge >= 0.3 is 0 Å². The monoisotopic (exact) mass is 366 g/mol. The van der Waals surface area contributed by atoms with E-state index in [9.17, 15) is 0 Å². The van der Waals surface area contributed by atoms with Crippen LogP contribution in [0.25, 0.3) is 21.9 Å². The average molecular weight is 366 g/mol. The lowest BCUT2D eigenvalue weighted by atomic mass is 9.95. The van der Waals surface area contributed by atoms with E-state index in [0.717, 1.165) is 45.2 Å². The predicted molar refractivity (Wildman–Crippen MR) is 109 cm³/mol. The van der Waals surface area contributed by atoms with Crippen molar-refractivity contribution in [1.29, 1.82) is 0 Å². The zero-order chi connectivity index (χ0) is 17.7. The first kappa shape index (κ1) is 15.9. The molecule has 2 fully saturated rings. The highest BCUT2D eigenvalue weighted by Crippen LogP contribution is 2.44. The summed E-state index contributed by atoms with van der Waals surface area (Å²) < 4.78 is 11.6. The van der Waals surface area contributed by atoms with Crippen molar-refractivity contribution in [1.82, 2.24) is 5.32 Å². The Morgan fingerprint density at radius 3 is 2.77 bits per heavy atom. The van der Waals surface area contributed by atoms with Crippen LogP contribution in [-0.4, -0.2) is 18.3 Å². The van der Waals surface area contributed by atoms with Crippen LogP contribution >= 0.6 is 12.2 Å². The van der Waals surface area contributed by atoms with Gasteiger partial charge in [-0.3, -0.25) is 0 Å². The summed E-state index contributed by atoms with van der Waals surface area (Å²) in [5.41, 5.74) is 2.54. The number of methoxy groups -OCH3 is 1. The first-order chi connectivity index (χ1) is 12.7. The van der Waals surface area contributed by atoms with E-state index in [4.69, 9.17) is 21.4 Å². The fourth-order valence-corrected chi connectivity index (χ4v) is 5.03. The van der Waals surface area contributed by atoms with E-state index >= 15 is 0 Å². The van der Waals surface area contributed by atoms with E-state index in [1.165, 1.54) is 25.7 Å². The van der Waals surface area contributed by atoms with Crippen LogP contribution in [0.15, 0.2) is 40.8 Å². The molecule has 0 saturated heterocycles. The second kappa shape index (κ2) is 6.16. The summed E-state index contributed by atoms with van der Waals surface area (Å²) >= 11 is 5.57. The summed E-state index contributed by atoms with van der Waals surface area (Å²) in [7, 11) is 1.68. The van der Waals surface area contributed by atoms with Gasteiger partial charge in [0, 0.05) is 22.9 Å². The Morgan fingerprint density at radius 1 is 1.12 bits per heavy atom. The van der Waals surface area contributed by atoms with Gasteiger partial charge in [-0.05, 0) is 55.4 Å². The number of furan rings is 1. The van der Waals surface area contributed by atoms with Gasteiger partial charge in [-0.25, -0.2) is 0 Å². The molecule has 5 heteroatoms. The molecule has 26 heavy (non-hydrogen) atoms. The molecule has 0 radical (unpaired) electrons. The maximum Gasteiger partial charge on any atom is 0.171 e. The van der Waals surface area contributed by atoms with Gasteiger partial charge in [-0.15, -0.1) is 0 Å². The molecule has 2 aromatic carbocycles. The number of para-hydroxylation sites is 1. The number of anilines is 1. The minimum atomic E-state index is 0.509. The summed E-state index contributed by atoms with van der Waals surface area (Å²) in [6, 6.07) is 12.5. The summed E-state index contributed by atoms with van der Waals surface area (Å²) in [5, 5.41) is 9.65. The highest BCUT2D eigenvalue weighted by atomic mass is 32.1. The molecule has 2 aliphatic rings. The van der Waals surface area contributed by atoms with Gasteiger partial charge in [-0.1, -0.05) is 24.6 Å². The van der Waals surface area contributed by atoms with E-state index < -0.39 is 0 Å². The lowest BCUT2D eigenvalue weighted by molar-refractivity contribution is 0.391. The molecule has 5 rings (SSSR count). The third kappa shape index (κ3) is 2.62. The number of benzene rings is 2. The second-order valence-electron chi connectivity index (χ2n) is 7.53. The van der Waals surface area contributed by atoms with Crippen LogP contribution in [0.5, 0.6) is 5.75 Å². The molecule has 2 aliphatic carbocycles. The molecule has 0 unspecified atom stereocenters. The molecule has 3 aromatic rings. The number of thiocarbonyl (C=S) groups is 1. The highest BCUT2D eigenvalue weighted by molar-refractivity contribution is 7.80. The lowest BCUT2D eigenvalue weighted by Gasteiger charge is -2.24. The normalized spacial score (nSPS) is 24.3. The van der Waals surface area contributed by atoms with Gasteiger partial charge in [-0.2, -0.15) is 0 Å². The third-order valence-electron chi connectivity index (χ3n) is 6.00. The molecule has 1 aromatic heterocycles. The van der Waals surface area contributed by atoms with E-state index in [0.29, 0.717) is 11.2 Å². The number of hydrogen-bond acceptors (Lipinski definition) is 3. The van der Waals surface area contributed by atoms with Crippen molar-refractivity contribution in [2.75, 3.05) is 12.4 Å². The topological polar surface area (TPSA) is 46.4 Å². The quantitative estimate of drug-likeness (QED) is 0.634. The number of nitrogens with one attached hydrogen (secondary N) is 2. The van der Waals surface area contributed by atoms with E-state index in [1.807, 2.05) is 30.3 Å². The van der Waals surface area contributed by atoms with Crippen molar-refractivity contribution < 1.29 is 9.15 Å².